The van der Waals surface area contributed by atoms with Crippen LogP contribution in [0.1, 0.15) is 25.7 Å². The molecule has 1 aromatic rings. The van der Waals surface area contributed by atoms with Crippen LogP contribution in [0.5, 0.6) is 0 Å². The zero-order valence-corrected chi connectivity index (χ0v) is 18.0. The number of hydrogen-bond acceptors (Lipinski definition) is 4. The van der Waals surface area contributed by atoms with Crippen LogP contribution in [-0.2, 0) is 19.8 Å². The van der Waals surface area contributed by atoms with Gasteiger partial charge >= 0.3 is 0 Å². The van der Waals surface area contributed by atoms with E-state index in [0.717, 1.165) is 30.6 Å². The Bertz CT molecular complexity index is 890. The van der Waals surface area contributed by atoms with Crippen LogP contribution in [0, 0.1) is 0 Å². The molecule has 0 bridgehead atoms. The van der Waals surface area contributed by atoms with E-state index in [-0.39, 0.29) is 24.9 Å². The predicted octanol–water partition coefficient (Wildman–Crippen LogP) is -0.707. The maximum absolute atomic E-state index is 13.0. The van der Waals surface area contributed by atoms with Crippen LogP contribution in [0.2, 0.25) is 0 Å². The van der Waals surface area contributed by atoms with Gasteiger partial charge in [-0.2, -0.15) is 17.0 Å². The third-order valence-corrected chi connectivity index (χ3v) is 8.16. The summed E-state index contributed by atoms with van der Waals surface area (Å²) in [6.45, 7) is 3.46. The summed E-state index contributed by atoms with van der Waals surface area (Å²) in [5.74, 6) is -0.318. The van der Waals surface area contributed by atoms with Crippen molar-refractivity contribution in [3.05, 3.63) is 24.3 Å². The Kier molecular flexibility index (Phi) is 6.37. The lowest BCUT2D eigenvalue weighted by molar-refractivity contribution is -0.895. The molecule has 0 unspecified atom stereocenters. The highest BCUT2D eigenvalue weighted by atomic mass is 32.2. The number of para-hydroxylation sites is 2. The van der Waals surface area contributed by atoms with Crippen LogP contribution < -0.4 is 15.1 Å². The first-order valence-corrected chi connectivity index (χ1v) is 12.1. The topological polar surface area (TPSA) is 94.5 Å². The maximum Gasteiger partial charge on any atom is 0.282 e. The molecule has 10 heteroatoms. The van der Waals surface area contributed by atoms with E-state index in [1.165, 1.54) is 4.90 Å². The maximum atomic E-state index is 13.0. The van der Waals surface area contributed by atoms with Crippen molar-refractivity contribution < 1.29 is 22.9 Å². The van der Waals surface area contributed by atoms with Gasteiger partial charge in [-0.25, -0.2) is 0 Å². The van der Waals surface area contributed by atoms with E-state index in [4.69, 9.17) is 0 Å². The highest BCUT2D eigenvalue weighted by molar-refractivity contribution is 7.86. The molecule has 0 saturated carbocycles. The van der Waals surface area contributed by atoms with Crippen molar-refractivity contribution in [2.45, 2.75) is 25.7 Å². The quantitative estimate of drug-likeness (QED) is 0.652. The number of quaternary nitrogens is 1. The Labute approximate surface area is 177 Å². The molecule has 0 aliphatic carbocycles. The molecule has 2 N–H and O–H groups in total. The normalized spacial score (nSPS) is 22.3. The third-order valence-electron chi connectivity index (χ3n) is 6.12. The van der Waals surface area contributed by atoms with Gasteiger partial charge in [-0.15, -0.1) is 0 Å². The Morgan fingerprint density at radius 2 is 1.60 bits per heavy atom. The standard InChI is InChI=1S/C20H29N5O4S/c26-19-15-25(18-8-4-3-7-17(18)21-19)20(27)16-22-11-13-24(14-12-22)30(28,29)23-9-5-1-2-6-10-23/h3-4,7-8H,1-2,5-6,9-16H2,(H,21,26)/p+1. The van der Waals surface area contributed by atoms with Crippen molar-refractivity contribution >= 4 is 33.4 Å². The molecule has 0 spiro atoms. The second-order valence-corrected chi connectivity index (χ2v) is 10.1. The van der Waals surface area contributed by atoms with E-state index in [1.54, 1.807) is 14.7 Å². The van der Waals surface area contributed by atoms with E-state index in [1.807, 2.05) is 18.2 Å². The van der Waals surface area contributed by atoms with Gasteiger partial charge in [-0.3, -0.25) is 14.5 Å². The molecule has 2 fully saturated rings. The monoisotopic (exact) mass is 436 g/mol. The first kappa shape index (κ1) is 21.2. The van der Waals surface area contributed by atoms with E-state index < -0.39 is 10.2 Å². The molecule has 0 aromatic heterocycles. The number of fused-ring (bicyclic) bond motifs is 1. The second-order valence-electron chi connectivity index (χ2n) is 8.19. The van der Waals surface area contributed by atoms with Gasteiger partial charge in [0.25, 0.3) is 16.1 Å². The van der Waals surface area contributed by atoms with Crippen molar-refractivity contribution in [2.24, 2.45) is 0 Å². The highest BCUT2D eigenvalue weighted by Crippen LogP contribution is 2.28. The van der Waals surface area contributed by atoms with Gasteiger partial charge in [0.1, 0.15) is 6.54 Å². The largest absolute Gasteiger partial charge is 0.325 e. The predicted molar refractivity (Wildman–Crippen MR) is 114 cm³/mol. The average Bonchev–Trinajstić information content (AvgIpc) is 3.03. The van der Waals surface area contributed by atoms with Crippen LogP contribution in [0.4, 0.5) is 11.4 Å². The molecule has 164 valence electrons. The van der Waals surface area contributed by atoms with Crippen molar-refractivity contribution in [1.82, 2.24) is 8.61 Å². The molecule has 1 aromatic carbocycles. The summed E-state index contributed by atoms with van der Waals surface area (Å²) < 4.78 is 29.1. The third kappa shape index (κ3) is 4.51. The number of anilines is 2. The molecule has 0 atom stereocenters. The van der Waals surface area contributed by atoms with Crippen LogP contribution in [0.3, 0.4) is 0 Å². The molecular weight excluding hydrogens is 406 g/mol. The number of benzene rings is 1. The number of carbonyl (C=O) groups excluding carboxylic acids is 2. The average molecular weight is 437 g/mol. The van der Waals surface area contributed by atoms with Crippen molar-refractivity contribution in [3.8, 4) is 0 Å². The first-order chi connectivity index (χ1) is 14.4. The fraction of sp³-hybridized carbons (Fsp3) is 0.600. The number of carbonyl (C=O) groups is 2. The van der Waals surface area contributed by atoms with Crippen molar-refractivity contribution in [2.75, 3.05) is 62.6 Å². The number of nitrogens with zero attached hydrogens (tertiary/aromatic N) is 3. The van der Waals surface area contributed by atoms with Gasteiger partial charge in [-0.1, -0.05) is 25.0 Å². The van der Waals surface area contributed by atoms with Gasteiger partial charge in [0.15, 0.2) is 6.54 Å². The number of hydrogen-bond donors (Lipinski definition) is 2. The summed E-state index contributed by atoms with van der Waals surface area (Å²) >= 11 is 0. The fourth-order valence-corrected chi connectivity index (χ4v) is 6.10. The molecule has 3 heterocycles. The van der Waals surface area contributed by atoms with Gasteiger partial charge in [0, 0.05) is 13.1 Å². The van der Waals surface area contributed by atoms with Gasteiger partial charge in [0.05, 0.1) is 37.6 Å². The second kappa shape index (κ2) is 9.01. The fourth-order valence-electron chi connectivity index (χ4n) is 4.41. The van der Waals surface area contributed by atoms with Crippen LogP contribution in [-0.4, -0.2) is 81.2 Å². The van der Waals surface area contributed by atoms with Gasteiger partial charge < -0.3 is 10.2 Å². The van der Waals surface area contributed by atoms with E-state index in [9.17, 15) is 18.0 Å². The lowest BCUT2D eigenvalue weighted by atomic mass is 10.2. The van der Waals surface area contributed by atoms with Gasteiger partial charge in [0.2, 0.25) is 5.91 Å². The lowest BCUT2D eigenvalue weighted by Gasteiger charge is -2.35. The van der Waals surface area contributed by atoms with E-state index in [0.29, 0.717) is 50.6 Å². The van der Waals surface area contributed by atoms with Crippen LogP contribution in [0.15, 0.2) is 24.3 Å². The number of nitrogens with one attached hydrogen (secondary N) is 2. The summed E-state index contributed by atoms with van der Waals surface area (Å²) in [7, 11) is -3.42. The minimum Gasteiger partial charge on any atom is -0.325 e. The number of piperazine rings is 1. The zero-order valence-electron chi connectivity index (χ0n) is 17.2. The van der Waals surface area contributed by atoms with Crippen molar-refractivity contribution in [1.29, 1.82) is 0 Å². The number of amides is 2. The SMILES string of the molecule is O=C1CN(C(=O)C[NH+]2CCN(S(=O)(=O)N3CCCCCC3)CC2)c2ccccc2N1. The van der Waals surface area contributed by atoms with Crippen LogP contribution >= 0.6 is 0 Å². The number of rotatable bonds is 4. The molecule has 2 saturated heterocycles. The Balaban J connectivity index is 1.35. The zero-order chi connectivity index (χ0) is 21.1. The summed E-state index contributed by atoms with van der Waals surface area (Å²) in [5.41, 5.74) is 1.36. The minimum absolute atomic E-state index is 0.0125. The van der Waals surface area contributed by atoms with Crippen LogP contribution in [0.25, 0.3) is 0 Å². The summed E-state index contributed by atoms with van der Waals surface area (Å²) in [6.07, 6.45) is 4.01. The molecule has 0 radical (unpaired) electrons. The molecule has 30 heavy (non-hydrogen) atoms. The smallest absolute Gasteiger partial charge is 0.282 e. The van der Waals surface area contributed by atoms with E-state index in [2.05, 4.69) is 5.32 Å². The Morgan fingerprint density at radius 3 is 2.30 bits per heavy atom. The lowest BCUT2D eigenvalue weighted by Crippen LogP contribution is -3.16. The molecule has 3 aliphatic heterocycles. The molecule has 2 amide bonds. The van der Waals surface area contributed by atoms with Gasteiger partial charge in [-0.05, 0) is 25.0 Å². The molecule has 3 aliphatic rings. The molecule has 4 rings (SSSR count). The summed E-state index contributed by atoms with van der Waals surface area (Å²) in [6, 6.07) is 7.28. The molecule has 9 nitrogen and oxygen atoms in total. The van der Waals surface area contributed by atoms with E-state index >= 15 is 0 Å². The van der Waals surface area contributed by atoms with Crippen molar-refractivity contribution in [3.63, 3.8) is 0 Å². The molecular formula is C20H30N5O4S+. The summed E-state index contributed by atoms with van der Waals surface area (Å²) in [5, 5.41) is 2.79. The minimum atomic E-state index is -3.42. The Hall–Kier alpha value is -2.01. The summed E-state index contributed by atoms with van der Waals surface area (Å²) in [4.78, 5) is 27.5. The first-order valence-electron chi connectivity index (χ1n) is 10.7. The Morgan fingerprint density at radius 1 is 0.967 bits per heavy atom. The highest BCUT2D eigenvalue weighted by Gasteiger charge is 2.35.